The number of anilines is 1. The van der Waals surface area contributed by atoms with E-state index in [0.717, 1.165) is 45.8 Å². The van der Waals surface area contributed by atoms with Gasteiger partial charge in [0.05, 0.1) is 30.1 Å². The van der Waals surface area contributed by atoms with Crippen molar-refractivity contribution in [2.24, 2.45) is 5.92 Å². The minimum Gasteiger partial charge on any atom is -0.495 e. The predicted octanol–water partition coefficient (Wildman–Crippen LogP) is 4.65. The molecule has 0 spiro atoms. The van der Waals surface area contributed by atoms with E-state index in [0.29, 0.717) is 17.2 Å². The number of rotatable bonds is 10. The lowest BCUT2D eigenvalue weighted by atomic mass is 9.86. The molecule has 8 nitrogen and oxygen atoms in total. The molecule has 4 aromatic rings. The molecule has 3 aromatic heterocycles. The SMILES string of the molecule is CNC(=O)c1ccnc2c(C(C)C(CNc3cc(-c4cncc(OC)c4)ncn3)CSC)cccc12. The standard InChI is InChI=1S/C27H30N6O2S/c1-17(21-6-5-7-22-23(27(34)28-2)8-9-30-26(21)22)19(15-36-4)13-31-25-11-24(32-16-33-25)18-10-20(35-3)14-29-12-18/h5-12,14,16-17,19H,13,15H2,1-4H3,(H,28,34)(H,31,32,33). The number of nitrogens with zero attached hydrogens (tertiary/aromatic N) is 4. The molecule has 0 saturated heterocycles. The van der Waals surface area contributed by atoms with Crippen LogP contribution in [0.25, 0.3) is 22.2 Å². The number of carbonyl (C=O) groups excluding carboxylic acids is 1. The summed E-state index contributed by atoms with van der Waals surface area (Å²) in [7, 11) is 3.26. The Balaban J connectivity index is 1.57. The van der Waals surface area contributed by atoms with E-state index in [9.17, 15) is 4.79 Å². The molecule has 0 aliphatic heterocycles. The molecule has 0 radical (unpaired) electrons. The third-order valence-corrected chi connectivity index (χ3v) is 7.07. The number of para-hydroxylation sites is 1. The van der Waals surface area contributed by atoms with E-state index in [-0.39, 0.29) is 11.8 Å². The number of hydrogen-bond acceptors (Lipinski definition) is 8. The van der Waals surface area contributed by atoms with Crippen LogP contribution in [0.1, 0.15) is 28.8 Å². The van der Waals surface area contributed by atoms with Crippen molar-refractivity contribution in [1.82, 2.24) is 25.3 Å². The van der Waals surface area contributed by atoms with Crippen molar-refractivity contribution in [3.63, 3.8) is 0 Å². The van der Waals surface area contributed by atoms with Gasteiger partial charge >= 0.3 is 0 Å². The van der Waals surface area contributed by atoms with Crippen LogP contribution in [0.2, 0.25) is 0 Å². The summed E-state index contributed by atoms with van der Waals surface area (Å²) in [6.07, 6.45) is 8.80. The molecule has 186 valence electrons. The quantitative estimate of drug-likeness (QED) is 0.323. The lowest BCUT2D eigenvalue weighted by Gasteiger charge is -2.25. The Labute approximate surface area is 215 Å². The van der Waals surface area contributed by atoms with Crippen molar-refractivity contribution < 1.29 is 9.53 Å². The highest BCUT2D eigenvalue weighted by Gasteiger charge is 2.22. The number of ether oxygens (including phenoxy) is 1. The largest absolute Gasteiger partial charge is 0.495 e. The van der Waals surface area contributed by atoms with Crippen LogP contribution in [0.3, 0.4) is 0 Å². The van der Waals surface area contributed by atoms with Gasteiger partial charge in [-0.05, 0) is 41.5 Å². The van der Waals surface area contributed by atoms with E-state index in [1.807, 2.05) is 36.0 Å². The fourth-order valence-electron chi connectivity index (χ4n) is 4.27. The Kier molecular flexibility index (Phi) is 8.32. The molecule has 36 heavy (non-hydrogen) atoms. The highest BCUT2D eigenvalue weighted by molar-refractivity contribution is 7.98. The first-order chi connectivity index (χ1) is 17.5. The molecule has 1 aromatic carbocycles. The second kappa shape index (κ2) is 11.8. The van der Waals surface area contributed by atoms with Gasteiger partial charge < -0.3 is 15.4 Å². The second-order valence-corrected chi connectivity index (χ2v) is 9.38. The van der Waals surface area contributed by atoms with E-state index in [2.05, 4.69) is 49.8 Å². The summed E-state index contributed by atoms with van der Waals surface area (Å²) in [5.74, 6) is 2.77. The average Bonchev–Trinajstić information content (AvgIpc) is 2.94. The Morgan fingerprint density at radius 3 is 2.78 bits per heavy atom. The van der Waals surface area contributed by atoms with Crippen molar-refractivity contribution in [2.45, 2.75) is 12.8 Å². The first kappa shape index (κ1) is 25.4. The molecule has 0 saturated carbocycles. The molecule has 0 bridgehead atoms. The van der Waals surface area contributed by atoms with Crippen LogP contribution in [-0.2, 0) is 0 Å². The fourth-order valence-corrected chi connectivity index (χ4v) is 5.10. The van der Waals surface area contributed by atoms with E-state index < -0.39 is 0 Å². The van der Waals surface area contributed by atoms with E-state index in [1.165, 1.54) is 0 Å². The molecular formula is C27H30N6O2S. The summed E-state index contributed by atoms with van der Waals surface area (Å²) in [6, 6.07) is 11.7. The number of fused-ring (bicyclic) bond motifs is 1. The molecule has 0 aliphatic carbocycles. The second-order valence-electron chi connectivity index (χ2n) is 8.47. The normalized spacial score (nSPS) is 12.7. The number of hydrogen-bond donors (Lipinski definition) is 2. The van der Waals surface area contributed by atoms with E-state index in [1.54, 1.807) is 45.1 Å². The molecule has 3 heterocycles. The van der Waals surface area contributed by atoms with Crippen LogP contribution in [0.4, 0.5) is 5.82 Å². The topological polar surface area (TPSA) is 102 Å². The van der Waals surface area contributed by atoms with Gasteiger partial charge in [0.1, 0.15) is 17.9 Å². The van der Waals surface area contributed by atoms with Crippen LogP contribution >= 0.6 is 11.8 Å². The number of methoxy groups -OCH3 is 1. The third-order valence-electron chi connectivity index (χ3n) is 6.31. The molecular weight excluding hydrogens is 472 g/mol. The molecule has 0 fully saturated rings. The van der Waals surface area contributed by atoms with Gasteiger partial charge in [0, 0.05) is 43.0 Å². The van der Waals surface area contributed by atoms with E-state index in [4.69, 9.17) is 4.74 Å². The van der Waals surface area contributed by atoms with Crippen LogP contribution < -0.4 is 15.4 Å². The number of pyridine rings is 2. The zero-order valence-electron chi connectivity index (χ0n) is 20.9. The summed E-state index contributed by atoms with van der Waals surface area (Å²) >= 11 is 1.81. The van der Waals surface area contributed by atoms with Crippen molar-refractivity contribution in [3.05, 3.63) is 72.4 Å². The zero-order valence-corrected chi connectivity index (χ0v) is 21.7. The summed E-state index contributed by atoms with van der Waals surface area (Å²) in [5.41, 5.74) is 4.27. The summed E-state index contributed by atoms with van der Waals surface area (Å²) in [5, 5.41) is 7.09. The van der Waals surface area contributed by atoms with Crippen molar-refractivity contribution in [1.29, 1.82) is 0 Å². The van der Waals surface area contributed by atoms with Gasteiger partial charge in [0.25, 0.3) is 5.91 Å². The number of aromatic nitrogens is 4. The van der Waals surface area contributed by atoms with Gasteiger partial charge in [-0.3, -0.25) is 14.8 Å². The Bertz CT molecular complexity index is 1350. The maximum Gasteiger partial charge on any atom is 0.251 e. The van der Waals surface area contributed by atoms with E-state index >= 15 is 0 Å². The van der Waals surface area contributed by atoms with Crippen molar-refractivity contribution >= 4 is 34.4 Å². The van der Waals surface area contributed by atoms with Gasteiger partial charge in [0.15, 0.2) is 0 Å². The Morgan fingerprint density at radius 1 is 1.14 bits per heavy atom. The fraction of sp³-hybridized carbons (Fsp3) is 0.296. The van der Waals surface area contributed by atoms with Gasteiger partial charge in [-0.15, -0.1) is 0 Å². The summed E-state index contributed by atoms with van der Waals surface area (Å²) in [6.45, 7) is 2.94. The van der Waals surface area contributed by atoms with Crippen molar-refractivity contribution in [3.8, 4) is 17.0 Å². The number of nitrogens with one attached hydrogen (secondary N) is 2. The molecule has 0 aliphatic rings. The van der Waals surface area contributed by atoms with Crippen LogP contribution in [0, 0.1) is 5.92 Å². The van der Waals surface area contributed by atoms with Gasteiger partial charge in [0.2, 0.25) is 0 Å². The number of carbonyl (C=O) groups is 1. The maximum atomic E-state index is 12.4. The molecule has 2 unspecified atom stereocenters. The first-order valence-electron chi connectivity index (χ1n) is 11.7. The number of amides is 1. The minimum atomic E-state index is -0.111. The Morgan fingerprint density at radius 2 is 2.00 bits per heavy atom. The van der Waals surface area contributed by atoms with Crippen molar-refractivity contribution in [2.75, 3.05) is 38.0 Å². The zero-order chi connectivity index (χ0) is 25.5. The number of thioether (sulfide) groups is 1. The lowest BCUT2D eigenvalue weighted by molar-refractivity contribution is 0.0964. The molecule has 2 N–H and O–H groups in total. The summed E-state index contributed by atoms with van der Waals surface area (Å²) in [4.78, 5) is 30.1. The first-order valence-corrected chi connectivity index (χ1v) is 13.1. The Hall–Kier alpha value is -3.72. The maximum absolute atomic E-state index is 12.4. The lowest BCUT2D eigenvalue weighted by Crippen LogP contribution is -2.23. The van der Waals surface area contributed by atoms with Crippen LogP contribution in [0.5, 0.6) is 5.75 Å². The summed E-state index contributed by atoms with van der Waals surface area (Å²) < 4.78 is 5.29. The highest BCUT2D eigenvalue weighted by Crippen LogP contribution is 2.32. The van der Waals surface area contributed by atoms with Crippen LogP contribution in [0.15, 0.2) is 61.3 Å². The number of benzene rings is 1. The average molecular weight is 503 g/mol. The highest BCUT2D eigenvalue weighted by atomic mass is 32.2. The predicted molar refractivity (Wildman–Crippen MR) is 146 cm³/mol. The molecule has 9 heteroatoms. The van der Waals surface area contributed by atoms with Crippen LogP contribution in [-0.4, -0.2) is 58.6 Å². The molecule has 2 atom stereocenters. The van der Waals surface area contributed by atoms with Gasteiger partial charge in [-0.1, -0.05) is 25.1 Å². The smallest absolute Gasteiger partial charge is 0.251 e. The minimum absolute atomic E-state index is 0.111. The monoisotopic (exact) mass is 502 g/mol. The molecule has 1 amide bonds. The van der Waals surface area contributed by atoms with Gasteiger partial charge in [-0.25, -0.2) is 9.97 Å². The van der Waals surface area contributed by atoms with Gasteiger partial charge in [-0.2, -0.15) is 11.8 Å². The third kappa shape index (κ3) is 5.57. The molecule has 4 rings (SSSR count).